The Hall–Kier alpha value is -3.39. The highest BCUT2D eigenvalue weighted by Gasteiger charge is 2.12. The maximum atomic E-state index is 12.2. The first-order chi connectivity index (χ1) is 14.0. The number of hydrogen-bond acceptors (Lipinski definition) is 6. The third-order valence-corrected chi connectivity index (χ3v) is 4.06. The number of halogens is 1. The fourth-order valence-electron chi connectivity index (χ4n) is 2.52. The lowest BCUT2D eigenvalue weighted by Crippen LogP contribution is -2.08. The number of carbonyl (C=O) groups is 1. The van der Waals surface area contributed by atoms with Crippen LogP contribution < -0.4 is 14.8 Å². The van der Waals surface area contributed by atoms with Gasteiger partial charge in [-0.15, -0.1) is 5.10 Å². The summed E-state index contributed by atoms with van der Waals surface area (Å²) in [4.78, 5) is 12.2. The van der Waals surface area contributed by atoms with Crippen molar-refractivity contribution in [2.24, 2.45) is 0 Å². The highest BCUT2D eigenvalue weighted by Crippen LogP contribution is 2.37. The van der Waals surface area contributed by atoms with Gasteiger partial charge in [-0.25, -0.2) is 4.68 Å². The second-order valence-corrected chi connectivity index (χ2v) is 6.73. The first-order valence-electron chi connectivity index (χ1n) is 8.83. The van der Waals surface area contributed by atoms with Gasteiger partial charge in [0.15, 0.2) is 11.5 Å². The van der Waals surface area contributed by atoms with Gasteiger partial charge >= 0.3 is 0 Å². The van der Waals surface area contributed by atoms with Gasteiger partial charge in [-0.05, 0) is 72.3 Å². The first kappa shape index (κ1) is 20.3. The molecule has 3 aromatic rings. The lowest BCUT2D eigenvalue weighted by Gasteiger charge is -2.15. The molecule has 0 aliphatic rings. The van der Waals surface area contributed by atoms with Crippen molar-refractivity contribution in [3.05, 3.63) is 59.4 Å². The normalized spacial score (nSPS) is 11.1. The SMILES string of the molecule is COc1cc(/C=C/C(=O)Nc2ccc(-n3cnnn3)cc2)cc(Cl)c1OC(C)C. The maximum absolute atomic E-state index is 12.2. The van der Waals surface area contributed by atoms with Crippen molar-refractivity contribution in [2.75, 3.05) is 12.4 Å². The Balaban J connectivity index is 1.68. The van der Waals surface area contributed by atoms with Gasteiger partial charge in [-0.2, -0.15) is 0 Å². The molecule has 0 saturated carbocycles. The van der Waals surface area contributed by atoms with E-state index < -0.39 is 0 Å². The molecule has 0 atom stereocenters. The molecule has 0 radical (unpaired) electrons. The Morgan fingerprint density at radius 1 is 1.24 bits per heavy atom. The topological polar surface area (TPSA) is 91.2 Å². The molecule has 0 aliphatic heterocycles. The Morgan fingerprint density at radius 2 is 2.00 bits per heavy atom. The second kappa shape index (κ2) is 9.20. The molecule has 9 heteroatoms. The average Bonchev–Trinajstić information content (AvgIpc) is 3.23. The fourth-order valence-corrected chi connectivity index (χ4v) is 2.78. The van der Waals surface area contributed by atoms with Gasteiger partial charge in [0.05, 0.1) is 23.9 Å². The largest absolute Gasteiger partial charge is 0.493 e. The summed E-state index contributed by atoms with van der Waals surface area (Å²) in [6.07, 6.45) is 4.52. The minimum Gasteiger partial charge on any atom is -0.493 e. The molecule has 150 valence electrons. The molecule has 1 aromatic heterocycles. The van der Waals surface area contributed by atoms with Gasteiger partial charge in [0.1, 0.15) is 6.33 Å². The number of rotatable bonds is 7. The zero-order valence-corrected chi connectivity index (χ0v) is 16.9. The molecule has 0 saturated heterocycles. The van der Waals surface area contributed by atoms with Crippen LogP contribution in [0.1, 0.15) is 19.4 Å². The number of benzene rings is 2. The van der Waals surface area contributed by atoms with E-state index >= 15 is 0 Å². The van der Waals surface area contributed by atoms with E-state index in [0.717, 1.165) is 5.69 Å². The van der Waals surface area contributed by atoms with Crippen molar-refractivity contribution in [2.45, 2.75) is 20.0 Å². The molecule has 0 aliphatic carbocycles. The lowest BCUT2D eigenvalue weighted by atomic mass is 10.1. The third kappa shape index (κ3) is 5.32. The van der Waals surface area contributed by atoms with E-state index in [1.165, 1.54) is 24.2 Å². The summed E-state index contributed by atoms with van der Waals surface area (Å²) in [6, 6.07) is 10.6. The van der Waals surface area contributed by atoms with Gasteiger partial charge in [0.25, 0.3) is 0 Å². The van der Waals surface area contributed by atoms with Crippen LogP contribution in [0.25, 0.3) is 11.8 Å². The van der Waals surface area contributed by atoms with E-state index in [4.69, 9.17) is 21.1 Å². The van der Waals surface area contributed by atoms with Crippen LogP contribution in [0.2, 0.25) is 5.02 Å². The first-order valence-corrected chi connectivity index (χ1v) is 9.20. The molecule has 0 unspecified atom stereocenters. The summed E-state index contributed by atoms with van der Waals surface area (Å²) in [5.74, 6) is 0.704. The highest BCUT2D eigenvalue weighted by molar-refractivity contribution is 6.32. The average molecular weight is 414 g/mol. The van der Waals surface area contributed by atoms with Crippen molar-refractivity contribution in [3.8, 4) is 17.2 Å². The van der Waals surface area contributed by atoms with E-state index in [9.17, 15) is 4.79 Å². The summed E-state index contributed by atoms with van der Waals surface area (Å²) < 4.78 is 12.6. The van der Waals surface area contributed by atoms with Crippen LogP contribution in [0.3, 0.4) is 0 Å². The predicted octanol–water partition coefficient (Wildman–Crippen LogP) is 3.76. The van der Waals surface area contributed by atoms with Gasteiger partial charge in [0, 0.05) is 11.8 Å². The van der Waals surface area contributed by atoms with Gasteiger partial charge in [0.2, 0.25) is 5.91 Å². The number of nitrogens with zero attached hydrogens (tertiary/aromatic N) is 4. The molecule has 0 spiro atoms. The van der Waals surface area contributed by atoms with Crippen molar-refractivity contribution in [1.82, 2.24) is 20.2 Å². The quantitative estimate of drug-likeness (QED) is 0.593. The molecule has 1 N–H and O–H groups in total. The highest BCUT2D eigenvalue weighted by atomic mass is 35.5. The number of ether oxygens (including phenoxy) is 2. The number of carbonyl (C=O) groups excluding carboxylic acids is 1. The van der Waals surface area contributed by atoms with E-state index in [1.54, 1.807) is 42.5 Å². The van der Waals surface area contributed by atoms with Gasteiger partial charge in [-0.3, -0.25) is 4.79 Å². The Labute approximate surface area is 173 Å². The molecular formula is C20H20ClN5O3. The zero-order chi connectivity index (χ0) is 20.8. The third-order valence-electron chi connectivity index (χ3n) is 3.78. The van der Waals surface area contributed by atoms with Crippen LogP contribution in [0.4, 0.5) is 5.69 Å². The van der Waals surface area contributed by atoms with Gasteiger partial charge < -0.3 is 14.8 Å². The molecule has 8 nitrogen and oxygen atoms in total. The number of tetrazole rings is 1. The van der Waals surface area contributed by atoms with Crippen molar-refractivity contribution in [3.63, 3.8) is 0 Å². The fraction of sp³-hybridized carbons (Fsp3) is 0.200. The molecular weight excluding hydrogens is 394 g/mol. The van der Waals surface area contributed by atoms with Gasteiger partial charge in [-0.1, -0.05) is 11.6 Å². The second-order valence-electron chi connectivity index (χ2n) is 6.32. The van der Waals surface area contributed by atoms with Crippen LogP contribution >= 0.6 is 11.6 Å². The predicted molar refractivity (Wildman–Crippen MR) is 111 cm³/mol. The number of methoxy groups -OCH3 is 1. The van der Waals surface area contributed by atoms with Crippen LogP contribution in [-0.4, -0.2) is 39.3 Å². The molecule has 29 heavy (non-hydrogen) atoms. The smallest absolute Gasteiger partial charge is 0.248 e. The summed E-state index contributed by atoms with van der Waals surface area (Å²) in [5.41, 5.74) is 2.15. The van der Waals surface area contributed by atoms with E-state index in [-0.39, 0.29) is 12.0 Å². The minimum absolute atomic E-state index is 0.0409. The summed E-state index contributed by atoms with van der Waals surface area (Å²) in [6.45, 7) is 3.81. The lowest BCUT2D eigenvalue weighted by molar-refractivity contribution is -0.111. The van der Waals surface area contributed by atoms with E-state index in [2.05, 4.69) is 20.8 Å². The van der Waals surface area contributed by atoms with Crippen LogP contribution in [0.15, 0.2) is 48.8 Å². The van der Waals surface area contributed by atoms with E-state index in [0.29, 0.717) is 27.8 Å². The van der Waals surface area contributed by atoms with Crippen LogP contribution in [0, 0.1) is 0 Å². The summed E-state index contributed by atoms with van der Waals surface area (Å²) in [5, 5.41) is 14.2. The van der Waals surface area contributed by atoms with Crippen LogP contribution in [0.5, 0.6) is 11.5 Å². The molecule has 3 rings (SSSR count). The molecule has 2 aromatic carbocycles. The minimum atomic E-state index is -0.280. The van der Waals surface area contributed by atoms with E-state index in [1.807, 2.05) is 13.8 Å². The monoisotopic (exact) mass is 413 g/mol. The van der Waals surface area contributed by atoms with Crippen LogP contribution in [-0.2, 0) is 4.79 Å². The van der Waals surface area contributed by atoms with Crippen molar-refractivity contribution < 1.29 is 14.3 Å². The van der Waals surface area contributed by atoms with Crippen molar-refractivity contribution in [1.29, 1.82) is 0 Å². The van der Waals surface area contributed by atoms with Crippen molar-refractivity contribution >= 4 is 29.3 Å². The molecule has 0 fully saturated rings. The number of nitrogens with one attached hydrogen (secondary N) is 1. The number of aromatic nitrogens is 4. The number of anilines is 1. The molecule has 1 heterocycles. The Bertz CT molecular complexity index is 1000. The standard InChI is InChI=1S/C20H20ClN5O3/c1-13(2)29-20-17(21)10-14(11-18(20)28-3)4-9-19(27)23-15-5-7-16(8-6-15)26-12-22-24-25-26/h4-13H,1-3H3,(H,23,27)/b9-4+. The Kier molecular flexibility index (Phi) is 6.46. The summed E-state index contributed by atoms with van der Waals surface area (Å²) >= 11 is 6.30. The summed E-state index contributed by atoms with van der Waals surface area (Å²) in [7, 11) is 1.54. The molecule has 0 bridgehead atoms. The number of hydrogen-bond donors (Lipinski definition) is 1. The Morgan fingerprint density at radius 3 is 2.62 bits per heavy atom. The molecule has 1 amide bonds. The maximum Gasteiger partial charge on any atom is 0.248 e. The number of amides is 1. The zero-order valence-electron chi connectivity index (χ0n) is 16.2.